The van der Waals surface area contributed by atoms with E-state index in [9.17, 15) is 9.59 Å². The Labute approximate surface area is 110 Å². The lowest BCUT2D eigenvalue weighted by Crippen LogP contribution is -2.30. The molecule has 94 valence electrons. The largest absolute Gasteiger partial charge is 0.476 e. The van der Waals surface area contributed by atoms with Crippen LogP contribution in [-0.2, 0) is 9.59 Å². The van der Waals surface area contributed by atoms with Crippen LogP contribution in [0.2, 0.25) is 0 Å². The van der Waals surface area contributed by atoms with Gasteiger partial charge in [0.1, 0.15) is 5.69 Å². The Bertz CT molecular complexity index is 551. The maximum absolute atomic E-state index is 11.5. The minimum Gasteiger partial charge on any atom is -0.476 e. The molecule has 0 spiro atoms. The van der Waals surface area contributed by atoms with E-state index in [0.717, 1.165) is 11.3 Å². The first kappa shape index (κ1) is 12.4. The van der Waals surface area contributed by atoms with E-state index in [1.165, 1.54) is 10.3 Å². The van der Waals surface area contributed by atoms with Crippen molar-refractivity contribution < 1.29 is 19.9 Å². The number of hydrogen-bond donors (Lipinski definition) is 3. The minimum absolute atomic E-state index is 0.0347. The van der Waals surface area contributed by atoms with E-state index in [-0.39, 0.29) is 28.4 Å². The van der Waals surface area contributed by atoms with Crippen molar-refractivity contribution in [2.24, 2.45) is 5.16 Å². The van der Waals surface area contributed by atoms with Crippen LogP contribution in [0, 0.1) is 0 Å². The van der Waals surface area contributed by atoms with Crippen molar-refractivity contribution in [3.05, 3.63) is 11.1 Å². The third-order valence-electron chi connectivity index (χ3n) is 2.07. The predicted molar refractivity (Wildman–Crippen MR) is 66.2 cm³/mol. The number of rotatable bonds is 3. The summed E-state index contributed by atoms with van der Waals surface area (Å²) in [6.45, 7) is 0.0770. The van der Waals surface area contributed by atoms with Crippen molar-refractivity contribution in [2.75, 3.05) is 11.4 Å². The second-order valence-electron chi connectivity index (χ2n) is 3.16. The average Bonchev–Trinajstić information content (AvgIpc) is 2.87. The molecule has 18 heavy (non-hydrogen) atoms. The molecule has 0 saturated carbocycles. The van der Waals surface area contributed by atoms with Gasteiger partial charge in [0.2, 0.25) is 5.71 Å². The number of hydrogen-bond acceptors (Lipinski definition) is 7. The van der Waals surface area contributed by atoms with Gasteiger partial charge in [-0.25, -0.2) is 14.7 Å². The van der Waals surface area contributed by atoms with Gasteiger partial charge < -0.3 is 15.6 Å². The Balaban J connectivity index is 2.34. The van der Waals surface area contributed by atoms with Crippen LogP contribution in [0.1, 0.15) is 5.69 Å². The smallest absolute Gasteiger partial charge is 0.360 e. The van der Waals surface area contributed by atoms with E-state index in [1.807, 2.05) is 0 Å². The number of nitrogens with zero attached hydrogens (tertiary/aromatic N) is 3. The molecule has 2 rings (SSSR count). The van der Waals surface area contributed by atoms with Gasteiger partial charge in [-0.05, 0) is 12.2 Å². The van der Waals surface area contributed by atoms with E-state index in [4.69, 9.17) is 22.5 Å². The summed E-state index contributed by atoms with van der Waals surface area (Å²) < 4.78 is 0. The number of carbonyl (C=O) groups is 2. The maximum atomic E-state index is 11.5. The number of anilines is 1. The second kappa shape index (κ2) is 4.66. The molecule has 10 heteroatoms. The topological polar surface area (TPSA) is 115 Å². The Hall–Kier alpha value is -2.07. The second-order valence-corrected chi connectivity index (χ2v) is 4.38. The number of nitrogens with one attached hydrogen (secondary N) is 1. The molecule has 0 aliphatic carbocycles. The van der Waals surface area contributed by atoms with Gasteiger partial charge in [-0.2, -0.15) is 0 Å². The molecule has 1 aromatic heterocycles. The zero-order chi connectivity index (χ0) is 13.3. The lowest BCUT2D eigenvalue weighted by molar-refractivity contribution is -0.129. The van der Waals surface area contributed by atoms with Gasteiger partial charge in [-0.15, -0.1) is 11.3 Å². The molecule has 8 nitrogen and oxygen atoms in total. The summed E-state index contributed by atoms with van der Waals surface area (Å²) in [5, 5.41) is 24.5. The van der Waals surface area contributed by atoms with Crippen LogP contribution in [0.15, 0.2) is 10.5 Å². The van der Waals surface area contributed by atoms with Crippen LogP contribution in [0.25, 0.3) is 0 Å². The lowest BCUT2D eigenvalue weighted by atomic mass is 10.3. The number of thiocarbonyl (C=S) groups is 1. The Morgan fingerprint density at radius 1 is 1.67 bits per heavy atom. The zero-order valence-electron chi connectivity index (χ0n) is 8.65. The van der Waals surface area contributed by atoms with Crippen molar-refractivity contribution in [1.29, 1.82) is 0 Å². The predicted octanol–water partition coefficient (Wildman–Crippen LogP) is -0.373. The molecule has 1 aliphatic heterocycles. The maximum Gasteiger partial charge on any atom is 0.360 e. The standard InChI is InChI=1S/C8H6N4O4S2/c13-4-1-9-7(17)12(4)8-10-3(2-18-8)5(11-16)6(14)15/h2,16H,1H2,(H,9,17)(H,14,15)/b11-5-. The highest BCUT2D eigenvalue weighted by Crippen LogP contribution is 2.23. The molecule has 1 fully saturated rings. The third-order valence-corrected chi connectivity index (χ3v) is 3.22. The van der Waals surface area contributed by atoms with Crippen LogP contribution in [0.5, 0.6) is 0 Å². The Morgan fingerprint density at radius 3 is 2.89 bits per heavy atom. The molecule has 0 radical (unpaired) electrons. The summed E-state index contributed by atoms with van der Waals surface area (Å²) in [5.74, 6) is -1.69. The number of carbonyl (C=O) groups excluding carboxylic acids is 1. The van der Waals surface area contributed by atoms with Gasteiger partial charge in [0, 0.05) is 5.38 Å². The van der Waals surface area contributed by atoms with Crippen molar-refractivity contribution in [2.45, 2.75) is 0 Å². The van der Waals surface area contributed by atoms with Crippen LogP contribution in [-0.4, -0.2) is 44.5 Å². The molecule has 1 saturated heterocycles. The Kier molecular flexibility index (Phi) is 3.21. The van der Waals surface area contributed by atoms with Gasteiger partial charge >= 0.3 is 5.97 Å². The minimum atomic E-state index is -1.41. The first-order chi connectivity index (χ1) is 8.54. The van der Waals surface area contributed by atoms with Gasteiger partial charge in [-0.3, -0.25) is 4.79 Å². The fourth-order valence-corrected chi connectivity index (χ4v) is 2.44. The molecule has 2 heterocycles. The van der Waals surface area contributed by atoms with Gasteiger partial charge in [-0.1, -0.05) is 5.16 Å². The van der Waals surface area contributed by atoms with E-state index >= 15 is 0 Å². The number of aliphatic carboxylic acids is 1. The lowest BCUT2D eigenvalue weighted by Gasteiger charge is -2.09. The highest BCUT2D eigenvalue weighted by Gasteiger charge is 2.30. The van der Waals surface area contributed by atoms with Gasteiger partial charge in [0.05, 0.1) is 6.54 Å². The molecule has 1 aliphatic rings. The molecular formula is C8H6N4O4S2. The van der Waals surface area contributed by atoms with Crippen molar-refractivity contribution in [3.8, 4) is 0 Å². The highest BCUT2D eigenvalue weighted by molar-refractivity contribution is 7.80. The third kappa shape index (κ3) is 2.02. The molecule has 0 unspecified atom stereocenters. The van der Waals surface area contributed by atoms with Crippen molar-refractivity contribution in [1.82, 2.24) is 10.3 Å². The van der Waals surface area contributed by atoms with E-state index in [2.05, 4.69) is 15.5 Å². The van der Waals surface area contributed by atoms with E-state index in [1.54, 1.807) is 0 Å². The average molecular weight is 286 g/mol. The first-order valence-corrected chi connectivity index (χ1v) is 5.85. The van der Waals surface area contributed by atoms with Crippen LogP contribution >= 0.6 is 23.6 Å². The highest BCUT2D eigenvalue weighted by atomic mass is 32.1. The number of thiazole rings is 1. The molecule has 0 aromatic carbocycles. The van der Waals surface area contributed by atoms with Crippen molar-refractivity contribution >= 4 is 51.4 Å². The summed E-state index contributed by atoms with van der Waals surface area (Å²) in [5.41, 5.74) is -0.629. The molecule has 0 atom stereocenters. The SMILES string of the molecule is O=C(O)/C(=N\O)c1csc(N2C(=O)CNC2=S)n1. The monoisotopic (exact) mass is 286 g/mol. The zero-order valence-corrected chi connectivity index (χ0v) is 10.3. The Morgan fingerprint density at radius 2 is 2.39 bits per heavy atom. The number of oxime groups is 1. The molecule has 3 N–H and O–H groups in total. The van der Waals surface area contributed by atoms with E-state index in [0.29, 0.717) is 0 Å². The summed E-state index contributed by atoms with van der Waals surface area (Å²) in [7, 11) is 0. The number of aromatic nitrogens is 1. The van der Waals surface area contributed by atoms with Crippen molar-refractivity contribution in [3.63, 3.8) is 0 Å². The number of amides is 1. The van der Waals surface area contributed by atoms with Crippen LogP contribution < -0.4 is 10.2 Å². The van der Waals surface area contributed by atoms with E-state index < -0.39 is 11.7 Å². The summed E-state index contributed by atoms with van der Waals surface area (Å²) >= 11 is 5.95. The normalized spacial score (nSPS) is 16.0. The first-order valence-electron chi connectivity index (χ1n) is 4.56. The number of carboxylic acid groups (broad SMARTS) is 1. The van der Waals surface area contributed by atoms with Crippen LogP contribution in [0.3, 0.4) is 0 Å². The fourth-order valence-electron chi connectivity index (χ4n) is 1.30. The quantitative estimate of drug-likeness (QED) is 0.300. The van der Waals surface area contributed by atoms with Gasteiger partial charge in [0.25, 0.3) is 5.91 Å². The summed E-state index contributed by atoms with van der Waals surface area (Å²) in [6.07, 6.45) is 0. The van der Waals surface area contributed by atoms with Crippen LogP contribution in [0.4, 0.5) is 5.13 Å². The molecule has 1 aromatic rings. The molecular weight excluding hydrogens is 280 g/mol. The summed E-state index contributed by atoms with van der Waals surface area (Å²) in [6, 6.07) is 0. The number of carboxylic acids is 1. The fraction of sp³-hybridized carbons (Fsp3) is 0.125. The van der Waals surface area contributed by atoms with Gasteiger partial charge in [0.15, 0.2) is 10.2 Å². The summed E-state index contributed by atoms with van der Waals surface area (Å²) in [4.78, 5) is 27.3. The molecule has 0 bridgehead atoms. The molecule has 1 amide bonds.